The molecule has 96 valence electrons. The van der Waals surface area contributed by atoms with E-state index < -0.39 is 16.1 Å². The molecular weight excluding hydrogens is 353 g/mol. The van der Waals surface area contributed by atoms with Gasteiger partial charge in [-0.25, -0.2) is 13.1 Å². The fraction of sp³-hybridized carbons (Fsp3) is 0.333. The SMILES string of the molecule is CC(O)CNS(=O)(=O)c1c(Cl)cc(Br)cc1Cl. The van der Waals surface area contributed by atoms with E-state index in [0.29, 0.717) is 4.47 Å². The molecule has 0 saturated carbocycles. The second kappa shape index (κ2) is 5.86. The molecule has 0 bridgehead atoms. The third-order valence-electron chi connectivity index (χ3n) is 1.80. The fourth-order valence-electron chi connectivity index (χ4n) is 1.09. The lowest BCUT2D eigenvalue weighted by Crippen LogP contribution is -2.31. The number of benzene rings is 1. The number of aliphatic hydroxyl groups is 1. The first-order chi connectivity index (χ1) is 7.74. The second-order valence-corrected chi connectivity index (χ2v) is 6.83. The van der Waals surface area contributed by atoms with E-state index in [0.717, 1.165) is 0 Å². The topological polar surface area (TPSA) is 66.4 Å². The van der Waals surface area contributed by atoms with Gasteiger partial charge in [-0.15, -0.1) is 0 Å². The molecule has 1 rings (SSSR count). The summed E-state index contributed by atoms with van der Waals surface area (Å²) >= 11 is 14.8. The fourth-order valence-corrected chi connectivity index (χ4v) is 4.14. The van der Waals surface area contributed by atoms with E-state index in [1.54, 1.807) is 0 Å². The minimum Gasteiger partial charge on any atom is -0.392 e. The summed E-state index contributed by atoms with van der Waals surface area (Å²) in [5.41, 5.74) is 0. The van der Waals surface area contributed by atoms with Crippen LogP contribution in [0.1, 0.15) is 6.92 Å². The van der Waals surface area contributed by atoms with Crippen molar-refractivity contribution in [3.8, 4) is 0 Å². The third-order valence-corrected chi connectivity index (χ3v) is 4.60. The van der Waals surface area contributed by atoms with Crippen molar-refractivity contribution in [3.05, 3.63) is 26.7 Å². The zero-order valence-corrected chi connectivity index (χ0v) is 12.7. The molecule has 0 aliphatic rings. The summed E-state index contributed by atoms with van der Waals surface area (Å²) in [6.07, 6.45) is -0.794. The Morgan fingerprint density at radius 2 is 1.88 bits per heavy atom. The van der Waals surface area contributed by atoms with Gasteiger partial charge in [0.15, 0.2) is 0 Å². The molecule has 4 nitrogen and oxygen atoms in total. The number of aliphatic hydroxyl groups excluding tert-OH is 1. The normalized spacial score (nSPS) is 13.7. The van der Waals surface area contributed by atoms with Crippen molar-refractivity contribution in [1.29, 1.82) is 0 Å². The summed E-state index contributed by atoms with van der Waals surface area (Å²) in [5.74, 6) is 0. The first kappa shape index (κ1) is 15.2. The Kier molecular flexibility index (Phi) is 5.24. The molecule has 0 saturated heterocycles. The van der Waals surface area contributed by atoms with Gasteiger partial charge in [-0.2, -0.15) is 0 Å². The van der Waals surface area contributed by atoms with E-state index >= 15 is 0 Å². The highest BCUT2D eigenvalue weighted by Crippen LogP contribution is 2.32. The van der Waals surface area contributed by atoms with Crippen LogP contribution >= 0.6 is 39.1 Å². The lowest BCUT2D eigenvalue weighted by molar-refractivity contribution is 0.198. The van der Waals surface area contributed by atoms with Crippen molar-refractivity contribution >= 4 is 49.2 Å². The minimum absolute atomic E-state index is 0.0162. The van der Waals surface area contributed by atoms with Crippen LogP contribution in [0.5, 0.6) is 0 Å². The number of sulfonamides is 1. The largest absolute Gasteiger partial charge is 0.392 e. The first-order valence-corrected chi connectivity index (χ1v) is 7.59. The zero-order chi connectivity index (χ0) is 13.2. The van der Waals surface area contributed by atoms with Crippen molar-refractivity contribution in [3.63, 3.8) is 0 Å². The van der Waals surface area contributed by atoms with Crippen molar-refractivity contribution in [1.82, 2.24) is 4.72 Å². The molecule has 0 aliphatic heterocycles. The van der Waals surface area contributed by atoms with Crippen molar-refractivity contribution in [2.45, 2.75) is 17.9 Å². The number of rotatable bonds is 4. The Hall–Kier alpha value is 0.150. The van der Waals surface area contributed by atoms with Gasteiger partial charge in [-0.3, -0.25) is 0 Å². The standard InChI is InChI=1S/C9H10BrCl2NO3S/c1-5(14)4-13-17(15,16)9-7(11)2-6(10)3-8(9)12/h2-3,5,13-14H,4H2,1H3. The zero-order valence-electron chi connectivity index (χ0n) is 8.75. The number of nitrogens with one attached hydrogen (secondary N) is 1. The maximum Gasteiger partial charge on any atom is 0.243 e. The van der Waals surface area contributed by atoms with Crippen molar-refractivity contribution in [2.75, 3.05) is 6.54 Å². The maximum absolute atomic E-state index is 11.9. The molecule has 0 aliphatic carbocycles. The molecule has 0 heterocycles. The molecule has 0 amide bonds. The molecular formula is C9H10BrCl2NO3S. The summed E-state index contributed by atoms with van der Waals surface area (Å²) in [5, 5.41) is 9.08. The molecule has 0 spiro atoms. The molecule has 17 heavy (non-hydrogen) atoms. The Bertz CT molecular complexity index is 496. The van der Waals surface area contributed by atoms with Gasteiger partial charge in [0, 0.05) is 11.0 Å². The predicted molar refractivity (Wildman–Crippen MR) is 71.0 cm³/mol. The second-order valence-electron chi connectivity index (χ2n) is 3.40. The van der Waals surface area contributed by atoms with Gasteiger partial charge in [-0.05, 0) is 19.1 Å². The highest BCUT2D eigenvalue weighted by atomic mass is 79.9. The van der Waals surface area contributed by atoms with E-state index in [9.17, 15) is 8.42 Å². The monoisotopic (exact) mass is 361 g/mol. The minimum atomic E-state index is -3.83. The van der Waals surface area contributed by atoms with Gasteiger partial charge in [0.1, 0.15) is 4.90 Å². The van der Waals surface area contributed by atoms with Crippen LogP contribution in [0.2, 0.25) is 10.0 Å². The third kappa shape index (κ3) is 4.08. The Morgan fingerprint density at radius 3 is 2.29 bits per heavy atom. The van der Waals surface area contributed by atoms with E-state index in [1.165, 1.54) is 19.1 Å². The van der Waals surface area contributed by atoms with Crippen LogP contribution in [-0.2, 0) is 10.0 Å². The van der Waals surface area contributed by atoms with Crippen LogP contribution in [0.4, 0.5) is 0 Å². The summed E-state index contributed by atoms with van der Waals surface area (Å²) in [7, 11) is -3.83. The van der Waals surface area contributed by atoms with E-state index in [1.807, 2.05) is 0 Å². The van der Waals surface area contributed by atoms with Gasteiger partial charge in [-0.1, -0.05) is 39.1 Å². The number of hydrogen-bond donors (Lipinski definition) is 2. The van der Waals surface area contributed by atoms with E-state index in [2.05, 4.69) is 20.7 Å². The lowest BCUT2D eigenvalue weighted by atomic mass is 10.4. The molecule has 1 atom stereocenters. The van der Waals surface area contributed by atoms with Gasteiger partial charge >= 0.3 is 0 Å². The molecule has 1 aromatic rings. The Labute approximate surface area is 118 Å². The summed E-state index contributed by atoms with van der Waals surface area (Å²) in [6.45, 7) is 1.36. The molecule has 0 fully saturated rings. The van der Waals surface area contributed by atoms with Crippen molar-refractivity contribution in [2.24, 2.45) is 0 Å². The highest BCUT2D eigenvalue weighted by molar-refractivity contribution is 9.10. The average Bonchev–Trinajstić information content (AvgIpc) is 2.12. The lowest BCUT2D eigenvalue weighted by Gasteiger charge is -2.11. The molecule has 1 unspecified atom stereocenters. The molecule has 0 aromatic heterocycles. The summed E-state index contributed by atoms with van der Waals surface area (Å²) in [6, 6.07) is 2.87. The molecule has 8 heteroatoms. The predicted octanol–water partition coefficient (Wildman–Crippen LogP) is 2.42. The van der Waals surface area contributed by atoms with Crippen LogP contribution in [0.3, 0.4) is 0 Å². The van der Waals surface area contributed by atoms with E-state index in [-0.39, 0.29) is 21.5 Å². The highest BCUT2D eigenvalue weighted by Gasteiger charge is 2.22. The van der Waals surface area contributed by atoms with Crippen LogP contribution in [0.25, 0.3) is 0 Å². The van der Waals surface area contributed by atoms with Crippen molar-refractivity contribution < 1.29 is 13.5 Å². The summed E-state index contributed by atoms with van der Waals surface area (Å²) < 4.78 is 26.6. The number of hydrogen-bond acceptors (Lipinski definition) is 3. The van der Waals surface area contributed by atoms with Crippen LogP contribution in [0.15, 0.2) is 21.5 Å². The van der Waals surface area contributed by atoms with Gasteiger partial charge in [0.2, 0.25) is 10.0 Å². The smallest absolute Gasteiger partial charge is 0.243 e. The van der Waals surface area contributed by atoms with Gasteiger partial charge in [0.05, 0.1) is 16.1 Å². The molecule has 0 radical (unpaired) electrons. The summed E-state index contributed by atoms with van der Waals surface area (Å²) in [4.78, 5) is -0.190. The first-order valence-electron chi connectivity index (χ1n) is 4.56. The Morgan fingerprint density at radius 1 is 1.41 bits per heavy atom. The molecule has 2 N–H and O–H groups in total. The average molecular weight is 363 g/mol. The Balaban J connectivity index is 3.16. The maximum atomic E-state index is 11.9. The van der Waals surface area contributed by atoms with Crippen LogP contribution in [0, 0.1) is 0 Å². The quantitative estimate of drug-likeness (QED) is 0.864. The van der Waals surface area contributed by atoms with Crippen LogP contribution in [-0.4, -0.2) is 26.2 Å². The van der Waals surface area contributed by atoms with E-state index in [4.69, 9.17) is 28.3 Å². The molecule has 1 aromatic carbocycles. The van der Waals surface area contributed by atoms with Gasteiger partial charge < -0.3 is 5.11 Å². The van der Waals surface area contributed by atoms with Gasteiger partial charge in [0.25, 0.3) is 0 Å². The van der Waals surface area contributed by atoms with Crippen LogP contribution < -0.4 is 4.72 Å². The number of halogens is 3.